The number of nitro groups is 1. The maximum atomic E-state index is 12.1. The van der Waals surface area contributed by atoms with Gasteiger partial charge in [-0.2, -0.15) is 0 Å². The Morgan fingerprint density at radius 3 is 2.67 bits per heavy atom. The summed E-state index contributed by atoms with van der Waals surface area (Å²) in [5.74, 6) is -0.437. The van der Waals surface area contributed by atoms with E-state index in [2.05, 4.69) is 16.0 Å². The van der Waals surface area contributed by atoms with Gasteiger partial charge in [0.2, 0.25) is 11.8 Å². The van der Waals surface area contributed by atoms with Crippen LogP contribution >= 0.6 is 0 Å². The minimum atomic E-state index is -0.516. The third kappa shape index (κ3) is 3.34. The number of amides is 2. The highest BCUT2D eigenvalue weighted by atomic mass is 16.6. The number of nitrogens with zero attached hydrogens (tertiary/aromatic N) is 1. The van der Waals surface area contributed by atoms with Crippen LogP contribution in [0, 0.1) is 24.0 Å². The normalized spacial score (nSPS) is 18.0. The molecule has 1 heterocycles. The number of carbonyl (C=O) groups excluding carboxylic acids is 2. The van der Waals surface area contributed by atoms with Crippen LogP contribution in [0.3, 0.4) is 0 Å². The van der Waals surface area contributed by atoms with E-state index in [1.807, 2.05) is 0 Å². The lowest BCUT2D eigenvalue weighted by Gasteiger charge is -2.23. The van der Waals surface area contributed by atoms with E-state index >= 15 is 0 Å². The quantitative estimate of drug-likeness (QED) is 0.545. The van der Waals surface area contributed by atoms with Gasteiger partial charge in [0, 0.05) is 23.9 Å². The van der Waals surface area contributed by atoms with Crippen LogP contribution in [0.5, 0.6) is 0 Å². The van der Waals surface area contributed by atoms with E-state index in [-0.39, 0.29) is 30.6 Å². The molecule has 21 heavy (non-hydrogen) atoms. The predicted octanol–water partition coefficient (Wildman–Crippen LogP) is 0.238. The number of rotatable bonds is 3. The molecule has 1 aromatic rings. The molecule has 1 unspecified atom stereocenters. The highest BCUT2D eigenvalue weighted by Crippen LogP contribution is 2.26. The molecule has 3 N–H and O–H groups in total. The molecule has 0 aromatic heterocycles. The van der Waals surface area contributed by atoms with Crippen molar-refractivity contribution in [3.63, 3.8) is 0 Å². The van der Waals surface area contributed by atoms with Gasteiger partial charge in [0.15, 0.2) is 0 Å². The number of hydrogen-bond donors (Lipinski definition) is 3. The van der Waals surface area contributed by atoms with Crippen molar-refractivity contribution in [1.82, 2.24) is 10.6 Å². The second-order valence-electron chi connectivity index (χ2n) is 4.94. The predicted molar refractivity (Wildman–Crippen MR) is 76.0 cm³/mol. The van der Waals surface area contributed by atoms with Crippen molar-refractivity contribution in [2.45, 2.75) is 19.9 Å². The number of anilines is 1. The monoisotopic (exact) mass is 292 g/mol. The van der Waals surface area contributed by atoms with Gasteiger partial charge in [-0.25, -0.2) is 0 Å². The summed E-state index contributed by atoms with van der Waals surface area (Å²) in [6.07, 6.45) is 0. The minimum absolute atomic E-state index is 0.0218. The summed E-state index contributed by atoms with van der Waals surface area (Å²) >= 11 is 0. The molecule has 1 saturated heterocycles. The van der Waals surface area contributed by atoms with Crippen molar-refractivity contribution >= 4 is 23.2 Å². The Labute approximate surface area is 121 Å². The maximum Gasteiger partial charge on any atom is 0.272 e. The van der Waals surface area contributed by atoms with Gasteiger partial charge in [0.25, 0.3) is 5.69 Å². The molecule has 2 rings (SSSR count). The molecule has 1 aliphatic rings. The molecular weight excluding hydrogens is 276 g/mol. The molecule has 0 spiro atoms. The number of aryl methyl sites for hydroxylation is 2. The number of piperazine rings is 1. The summed E-state index contributed by atoms with van der Waals surface area (Å²) in [6.45, 7) is 3.62. The Balaban J connectivity index is 2.12. The number of carbonyl (C=O) groups is 2. The second-order valence-corrected chi connectivity index (χ2v) is 4.94. The Morgan fingerprint density at radius 1 is 1.38 bits per heavy atom. The number of nitrogens with one attached hydrogen (secondary N) is 3. The van der Waals surface area contributed by atoms with Crippen molar-refractivity contribution in [3.8, 4) is 0 Å². The standard InChI is InChI=1S/C13H16N4O4/c1-7-4-11(17(20)21)8(2)3-9(7)16-13(19)10-5-15-12(18)6-14-10/h3-4,10,14H,5-6H2,1-2H3,(H,15,18)(H,16,19). The zero-order chi connectivity index (χ0) is 15.6. The molecule has 8 heteroatoms. The van der Waals surface area contributed by atoms with Crippen molar-refractivity contribution in [1.29, 1.82) is 0 Å². The first kappa shape index (κ1) is 14.9. The Kier molecular flexibility index (Phi) is 4.18. The molecule has 1 atom stereocenters. The van der Waals surface area contributed by atoms with Crippen molar-refractivity contribution in [3.05, 3.63) is 33.4 Å². The van der Waals surface area contributed by atoms with Crippen LogP contribution in [0.15, 0.2) is 12.1 Å². The first-order chi connectivity index (χ1) is 9.88. The van der Waals surface area contributed by atoms with E-state index in [4.69, 9.17) is 0 Å². The van der Waals surface area contributed by atoms with Gasteiger partial charge in [0.1, 0.15) is 6.04 Å². The smallest absolute Gasteiger partial charge is 0.272 e. The van der Waals surface area contributed by atoms with Crippen LogP contribution in [-0.4, -0.2) is 35.9 Å². The molecule has 112 valence electrons. The zero-order valence-corrected chi connectivity index (χ0v) is 11.7. The first-order valence-electron chi connectivity index (χ1n) is 6.45. The lowest BCUT2D eigenvalue weighted by molar-refractivity contribution is -0.385. The van der Waals surface area contributed by atoms with Crippen molar-refractivity contribution < 1.29 is 14.5 Å². The molecule has 0 aliphatic carbocycles. The van der Waals surface area contributed by atoms with Crippen LogP contribution in [0.1, 0.15) is 11.1 Å². The van der Waals surface area contributed by atoms with Gasteiger partial charge >= 0.3 is 0 Å². The van der Waals surface area contributed by atoms with E-state index in [9.17, 15) is 19.7 Å². The fourth-order valence-electron chi connectivity index (χ4n) is 2.10. The van der Waals surface area contributed by atoms with Crippen molar-refractivity contribution in [2.75, 3.05) is 18.4 Å². The third-order valence-corrected chi connectivity index (χ3v) is 3.33. The third-order valence-electron chi connectivity index (χ3n) is 3.33. The molecule has 8 nitrogen and oxygen atoms in total. The molecule has 0 bridgehead atoms. The van der Waals surface area contributed by atoms with Gasteiger partial charge in [-0.3, -0.25) is 25.0 Å². The van der Waals surface area contributed by atoms with Crippen LogP contribution in [0.4, 0.5) is 11.4 Å². The average molecular weight is 292 g/mol. The summed E-state index contributed by atoms with van der Waals surface area (Å²) in [6, 6.07) is 2.49. The summed E-state index contributed by atoms with van der Waals surface area (Å²) in [7, 11) is 0. The molecule has 0 radical (unpaired) electrons. The Bertz CT molecular complexity index is 604. The lowest BCUT2D eigenvalue weighted by Crippen LogP contribution is -2.56. The summed E-state index contributed by atoms with van der Waals surface area (Å²) in [4.78, 5) is 33.5. The Morgan fingerprint density at radius 2 is 2.10 bits per heavy atom. The van der Waals surface area contributed by atoms with Crippen LogP contribution in [-0.2, 0) is 9.59 Å². The van der Waals surface area contributed by atoms with Gasteiger partial charge in [-0.1, -0.05) is 0 Å². The fraction of sp³-hybridized carbons (Fsp3) is 0.385. The van der Waals surface area contributed by atoms with Gasteiger partial charge in [0.05, 0.1) is 11.5 Å². The van der Waals surface area contributed by atoms with Gasteiger partial charge in [-0.05, 0) is 25.5 Å². The molecule has 1 aromatic carbocycles. The maximum absolute atomic E-state index is 12.1. The van der Waals surface area contributed by atoms with E-state index in [0.29, 0.717) is 16.8 Å². The average Bonchev–Trinajstić information content (AvgIpc) is 2.42. The van der Waals surface area contributed by atoms with E-state index in [1.165, 1.54) is 6.07 Å². The van der Waals surface area contributed by atoms with Crippen LogP contribution in [0.25, 0.3) is 0 Å². The largest absolute Gasteiger partial charge is 0.353 e. The summed E-state index contributed by atoms with van der Waals surface area (Å²) < 4.78 is 0. The number of nitro benzene ring substituents is 1. The van der Waals surface area contributed by atoms with Crippen LogP contribution < -0.4 is 16.0 Å². The van der Waals surface area contributed by atoms with Crippen molar-refractivity contribution in [2.24, 2.45) is 0 Å². The molecule has 0 saturated carbocycles. The number of benzene rings is 1. The van der Waals surface area contributed by atoms with Gasteiger partial charge in [-0.15, -0.1) is 0 Å². The highest BCUT2D eigenvalue weighted by molar-refractivity contribution is 5.97. The second kappa shape index (κ2) is 5.88. The summed E-state index contributed by atoms with van der Waals surface area (Å²) in [5.41, 5.74) is 1.64. The first-order valence-corrected chi connectivity index (χ1v) is 6.45. The Hall–Kier alpha value is -2.48. The highest BCUT2D eigenvalue weighted by Gasteiger charge is 2.24. The molecule has 1 fully saturated rings. The lowest BCUT2D eigenvalue weighted by atomic mass is 10.1. The molecular formula is C13H16N4O4. The number of hydrogen-bond acceptors (Lipinski definition) is 5. The van der Waals surface area contributed by atoms with E-state index in [1.54, 1.807) is 19.9 Å². The minimum Gasteiger partial charge on any atom is -0.353 e. The zero-order valence-electron chi connectivity index (χ0n) is 11.7. The molecule has 1 aliphatic heterocycles. The van der Waals surface area contributed by atoms with E-state index in [0.717, 1.165) is 0 Å². The topological polar surface area (TPSA) is 113 Å². The van der Waals surface area contributed by atoms with E-state index < -0.39 is 11.0 Å². The fourth-order valence-corrected chi connectivity index (χ4v) is 2.10. The summed E-state index contributed by atoms with van der Waals surface area (Å²) in [5, 5.41) is 19.0. The SMILES string of the molecule is Cc1cc([N+](=O)[O-])c(C)cc1NC(=O)C1CNC(=O)CN1. The van der Waals surface area contributed by atoms with Gasteiger partial charge < -0.3 is 10.6 Å². The van der Waals surface area contributed by atoms with Crippen LogP contribution in [0.2, 0.25) is 0 Å². The molecule has 2 amide bonds.